The van der Waals surface area contributed by atoms with E-state index < -0.39 is 0 Å². The van der Waals surface area contributed by atoms with Gasteiger partial charge in [0.2, 0.25) is 0 Å². The molecule has 0 unspecified atom stereocenters. The summed E-state index contributed by atoms with van der Waals surface area (Å²) in [7, 11) is 3.99. The fourth-order valence-electron chi connectivity index (χ4n) is 5.05. The summed E-state index contributed by atoms with van der Waals surface area (Å²) in [6.07, 6.45) is 6.53. The molecule has 2 aliphatic rings. The van der Waals surface area contributed by atoms with Crippen LogP contribution in [-0.2, 0) is 26.7 Å². The molecule has 2 bridgehead atoms. The summed E-state index contributed by atoms with van der Waals surface area (Å²) in [5, 5.41) is 0. The van der Waals surface area contributed by atoms with Crippen molar-refractivity contribution in [3.05, 3.63) is 76.0 Å². The second-order valence-electron chi connectivity index (χ2n) is 8.92. The maximum atomic E-state index is 13.3. The fourth-order valence-corrected chi connectivity index (χ4v) is 5.05. The Balaban J connectivity index is 1.34. The lowest BCUT2D eigenvalue weighted by Crippen LogP contribution is -2.49. The van der Waals surface area contributed by atoms with E-state index in [0.717, 1.165) is 23.5 Å². The van der Waals surface area contributed by atoms with Gasteiger partial charge in [0, 0.05) is 69.0 Å². The number of aryl methyl sites for hydroxylation is 1. The number of nitrogens with one attached hydrogen (secondary N) is 1. The summed E-state index contributed by atoms with van der Waals surface area (Å²) in [5.41, 5.74) is 2.59. The average Bonchev–Trinajstić information content (AvgIpc) is 3.42. The molecule has 31 heavy (non-hydrogen) atoms. The lowest BCUT2D eigenvalue weighted by molar-refractivity contribution is 0.0589. The summed E-state index contributed by atoms with van der Waals surface area (Å²) in [6, 6.07) is 7.72. The van der Waals surface area contributed by atoms with E-state index in [1.807, 2.05) is 52.5 Å². The molecule has 3 aromatic rings. The van der Waals surface area contributed by atoms with Crippen LogP contribution in [0.4, 0.5) is 0 Å². The number of carbonyl (C=O) groups excluding carboxylic acids is 1. The smallest absolute Gasteiger partial charge is 0.270 e. The van der Waals surface area contributed by atoms with Crippen LogP contribution in [0.15, 0.2) is 47.7 Å². The lowest BCUT2D eigenvalue weighted by Gasteiger charge is -2.42. The van der Waals surface area contributed by atoms with E-state index >= 15 is 0 Å². The number of piperidine rings is 1. The number of aromatic amines is 1. The first-order valence-electron chi connectivity index (χ1n) is 10.8. The molecule has 0 saturated carbocycles. The van der Waals surface area contributed by atoms with Gasteiger partial charge in [0.1, 0.15) is 11.5 Å². The van der Waals surface area contributed by atoms with Crippen LogP contribution >= 0.6 is 0 Å². The maximum Gasteiger partial charge on any atom is 0.270 e. The van der Waals surface area contributed by atoms with Gasteiger partial charge >= 0.3 is 0 Å². The van der Waals surface area contributed by atoms with Gasteiger partial charge < -0.3 is 19.0 Å². The Morgan fingerprint density at radius 1 is 1.23 bits per heavy atom. The largest absolute Gasteiger partial charge is 0.357 e. The van der Waals surface area contributed by atoms with Gasteiger partial charge in [-0.1, -0.05) is 6.07 Å². The number of likely N-dealkylation sites (tertiary alicyclic amines) is 1. The lowest BCUT2D eigenvalue weighted by atomic mass is 9.83. The molecule has 1 N–H and O–H groups in total. The van der Waals surface area contributed by atoms with E-state index in [1.54, 1.807) is 12.4 Å². The third kappa shape index (κ3) is 3.72. The molecule has 8 heteroatoms. The van der Waals surface area contributed by atoms with Crippen molar-refractivity contribution in [3.8, 4) is 0 Å². The zero-order chi connectivity index (χ0) is 21.5. The third-order valence-electron chi connectivity index (χ3n) is 6.57. The van der Waals surface area contributed by atoms with Crippen molar-refractivity contribution in [2.24, 2.45) is 13.0 Å². The van der Waals surface area contributed by atoms with E-state index in [0.29, 0.717) is 44.3 Å². The van der Waals surface area contributed by atoms with Gasteiger partial charge in [-0.15, -0.1) is 0 Å². The average molecular weight is 421 g/mol. The van der Waals surface area contributed by atoms with Gasteiger partial charge in [0.25, 0.3) is 11.5 Å². The summed E-state index contributed by atoms with van der Waals surface area (Å²) >= 11 is 0. The van der Waals surface area contributed by atoms with Crippen molar-refractivity contribution >= 4 is 5.91 Å². The van der Waals surface area contributed by atoms with Crippen LogP contribution in [0, 0.1) is 5.92 Å². The number of imidazole rings is 1. The fraction of sp³-hybridized carbons (Fsp3) is 0.435. The van der Waals surface area contributed by atoms with Crippen LogP contribution < -0.4 is 5.56 Å². The Morgan fingerprint density at radius 2 is 2.10 bits per heavy atom. The Labute approximate surface area is 181 Å². The Bertz CT molecular complexity index is 1150. The molecule has 0 aliphatic carbocycles. The Morgan fingerprint density at radius 3 is 2.84 bits per heavy atom. The van der Waals surface area contributed by atoms with Crippen LogP contribution in [0.1, 0.15) is 39.9 Å². The summed E-state index contributed by atoms with van der Waals surface area (Å²) < 4.78 is 3.96. The van der Waals surface area contributed by atoms with Gasteiger partial charge in [-0.05, 0) is 37.6 Å². The minimum Gasteiger partial charge on any atom is -0.357 e. The molecular weight excluding hydrogens is 392 g/mol. The quantitative estimate of drug-likeness (QED) is 0.683. The SMILES string of the molecule is CN(Cc1ccc2n(c1=O)C[C@H]1C[C@@H]2CN(C(=O)c2ccc[nH]2)C1)Cc1nccn1C. The standard InChI is InChI=1S/C23H28N6O2/c1-26(15-21-25-8-9-27(21)2)13-17-5-6-20-18-10-16(12-29(20)22(17)30)11-28(14-18)23(31)19-4-3-7-24-19/h3-9,16,18,24H,10-15H2,1-2H3/t16-,18+/m0/s1. The molecule has 2 aliphatic heterocycles. The topological polar surface area (TPSA) is 79.2 Å². The number of rotatable bonds is 5. The van der Waals surface area contributed by atoms with Crippen molar-refractivity contribution in [2.45, 2.75) is 32.0 Å². The van der Waals surface area contributed by atoms with Crippen molar-refractivity contribution in [3.63, 3.8) is 0 Å². The first-order chi connectivity index (χ1) is 15.0. The molecule has 5 heterocycles. The van der Waals surface area contributed by atoms with Crippen molar-refractivity contribution < 1.29 is 4.79 Å². The molecule has 1 amide bonds. The van der Waals surface area contributed by atoms with Gasteiger partial charge in [0.15, 0.2) is 0 Å². The van der Waals surface area contributed by atoms with Crippen LogP contribution in [0.5, 0.6) is 0 Å². The zero-order valence-corrected chi connectivity index (χ0v) is 18.0. The summed E-state index contributed by atoms with van der Waals surface area (Å²) in [6.45, 7) is 3.30. The van der Waals surface area contributed by atoms with Crippen molar-refractivity contribution in [2.75, 3.05) is 20.1 Å². The number of H-pyrrole nitrogens is 1. The monoisotopic (exact) mass is 420 g/mol. The van der Waals surface area contributed by atoms with Gasteiger partial charge in [0.05, 0.1) is 6.54 Å². The van der Waals surface area contributed by atoms with E-state index in [2.05, 4.69) is 20.9 Å². The molecule has 1 saturated heterocycles. The highest BCUT2D eigenvalue weighted by molar-refractivity contribution is 5.92. The van der Waals surface area contributed by atoms with Crippen LogP contribution in [0.2, 0.25) is 0 Å². The number of pyridine rings is 1. The molecule has 3 aromatic heterocycles. The number of nitrogens with zero attached hydrogens (tertiary/aromatic N) is 5. The minimum atomic E-state index is 0.0445. The van der Waals surface area contributed by atoms with Crippen LogP contribution in [0.3, 0.4) is 0 Å². The van der Waals surface area contributed by atoms with Crippen LogP contribution in [-0.4, -0.2) is 54.9 Å². The molecule has 0 radical (unpaired) electrons. The Kier molecular flexibility index (Phi) is 5.02. The van der Waals surface area contributed by atoms with Gasteiger partial charge in [-0.2, -0.15) is 0 Å². The molecule has 8 nitrogen and oxygen atoms in total. The van der Waals surface area contributed by atoms with Crippen molar-refractivity contribution in [1.29, 1.82) is 0 Å². The third-order valence-corrected chi connectivity index (χ3v) is 6.57. The minimum absolute atomic E-state index is 0.0445. The normalized spacial score (nSPS) is 20.2. The highest BCUT2D eigenvalue weighted by atomic mass is 16.2. The molecule has 0 aromatic carbocycles. The van der Waals surface area contributed by atoms with E-state index in [9.17, 15) is 9.59 Å². The molecule has 1 fully saturated rings. The zero-order valence-electron chi connectivity index (χ0n) is 18.0. The van der Waals surface area contributed by atoms with Gasteiger partial charge in [-0.3, -0.25) is 14.5 Å². The number of fused-ring (bicyclic) bond motifs is 4. The first-order valence-corrected chi connectivity index (χ1v) is 10.8. The molecule has 5 rings (SSSR count). The first kappa shape index (κ1) is 19.8. The summed E-state index contributed by atoms with van der Waals surface area (Å²) in [5.74, 6) is 1.53. The van der Waals surface area contributed by atoms with E-state index in [1.165, 1.54) is 0 Å². The van der Waals surface area contributed by atoms with Crippen LogP contribution in [0.25, 0.3) is 0 Å². The van der Waals surface area contributed by atoms with E-state index in [-0.39, 0.29) is 17.4 Å². The van der Waals surface area contributed by atoms with Crippen molar-refractivity contribution in [1.82, 2.24) is 28.9 Å². The number of aromatic nitrogens is 4. The number of carbonyl (C=O) groups is 1. The number of hydrogen-bond donors (Lipinski definition) is 1. The second kappa shape index (κ2) is 7.85. The number of amides is 1. The molecule has 0 spiro atoms. The second-order valence-corrected chi connectivity index (χ2v) is 8.92. The summed E-state index contributed by atoms with van der Waals surface area (Å²) in [4.78, 5) is 37.5. The van der Waals surface area contributed by atoms with Gasteiger partial charge in [-0.25, -0.2) is 4.98 Å². The maximum absolute atomic E-state index is 13.3. The molecular formula is C23H28N6O2. The highest BCUT2D eigenvalue weighted by Gasteiger charge is 2.37. The van der Waals surface area contributed by atoms with E-state index in [4.69, 9.17) is 0 Å². The Hall–Kier alpha value is -3.13. The molecule has 162 valence electrons. The highest BCUT2D eigenvalue weighted by Crippen LogP contribution is 2.35. The number of hydrogen-bond acceptors (Lipinski definition) is 4. The molecule has 2 atom stereocenters. The predicted molar refractivity (Wildman–Crippen MR) is 117 cm³/mol. The predicted octanol–water partition coefficient (Wildman–Crippen LogP) is 1.80.